The zero-order valence-electron chi connectivity index (χ0n) is 13.8. The normalized spacial score (nSPS) is 40.5. The second-order valence-corrected chi connectivity index (χ2v) is 7.63. The zero-order chi connectivity index (χ0) is 16.0. The molecule has 2 N–H and O–H groups in total. The lowest BCUT2D eigenvalue weighted by molar-refractivity contribution is -0.134. The molecule has 0 aromatic heterocycles. The molecule has 3 aliphatic rings. The van der Waals surface area contributed by atoms with Gasteiger partial charge in [0.2, 0.25) is 0 Å². The topological polar surface area (TPSA) is 52.9 Å². The molecule has 3 fully saturated rings. The molecule has 4 unspecified atom stereocenters. The Bertz CT molecular complexity index is 577. The monoisotopic (exact) mass is 317 g/mol. The molecule has 1 aromatic carbocycles. The average molecular weight is 317 g/mol. The summed E-state index contributed by atoms with van der Waals surface area (Å²) in [5.41, 5.74) is -0.497. The lowest BCUT2D eigenvalue weighted by Crippen LogP contribution is -2.56. The largest absolute Gasteiger partial charge is 0.496 e. The molecule has 1 heterocycles. The summed E-state index contributed by atoms with van der Waals surface area (Å²) in [5.74, 6) is 2.37. The van der Waals surface area contributed by atoms with Gasteiger partial charge < -0.3 is 14.9 Å². The van der Waals surface area contributed by atoms with Crippen LogP contribution in [0, 0.1) is 11.8 Å². The summed E-state index contributed by atoms with van der Waals surface area (Å²) in [6.45, 7) is 1.40. The molecule has 2 bridgehead atoms. The lowest BCUT2D eigenvalue weighted by Gasteiger charge is -2.46. The van der Waals surface area contributed by atoms with E-state index in [1.807, 2.05) is 24.3 Å². The molecule has 0 amide bonds. The fourth-order valence-corrected chi connectivity index (χ4v) is 5.22. The Morgan fingerprint density at radius 2 is 2.04 bits per heavy atom. The Hall–Kier alpha value is -1.10. The molecule has 4 heteroatoms. The van der Waals surface area contributed by atoms with Crippen LogP contribution < -0.4 is 4.74 Å². The van der Waals surface area contributed by atoms with Gasteiger partial charge in [0, 0.05) is 24.7 Å². The van der Waals surface area contributed by atoms with Gasteiger partial charge in [0.15, 0.2) is 0 Å². The second kappa shape index (κ2) is 5.76. The third-order valence-corrected chi connectivity index (χ3v) is 6.48. The van der Waals surface area contributed by atoms with Crippen molar-refractivity contribution in [1.82, 2.24) is 4.90 Å². The average Bonchev–Trinajstić information content (AvgIpc) is 3.20. The summed E-state index contributed by atoms with van der Waals surface area (Å²) in [7, 11) is 1.61. The van der Waals surface area contributed by atoms with Crippen LogP contribution in [0.2, 0.25) is 0 Å². The number of fused-ring (bicyclic) bond motifs is 2. The molecule has 0 spiro atoms. The molecule has 126 valence electrons. The van der Waals surface area contributed by atoms with Crippen LogP contribution in [-0.4, -0.2) is 47.5 Å². The minimum atomic E-state index is -1.21. The molecule has 4 nitrogen and oxygen atoms in total. The van der Waals surface area contributed by atoms with Crippen LogP contribution in [0.15, 0.2) is 24.3 Å². The predicted octanol–water partition coefficient (Wildman–Crippen LogP) is 2.14. The van der Waals surface area contributed by atoms with E-state index in [2.05, 4.69) is 4.90 Å². The van der Waals surface area contributed by atoms with Crippen molar-refractivity contribution in [3.63, 3.8) is 0 Å². The van der Waals surface area contributed by atoms with E-state index in [-0.39, 0.29) is 0 Å². The summed E-state index contributed by atoms with van der Waals surface area (Å²) in [6, 6.07) is 8.12. The molecule has 23 heavy (non-hydrogen) atoms. The van der Waals surface area contributed by atoms with Crippen LogP contribution >= 0.6 is 0 Å². The zero-order valence-corrected chi connectivity index (χ0v) is 13.8. The van der Waals surface area contributed by atoms with E-state index < -0.39 is 11.7 Å². The second-order valence-electron chi connectivity index (χ2n) is 7.63. The number of hydrogen-bond acceptors (Lipinski definition) is 4. The van der Waals surface area contributed by atoms with Crippen molar-refractivity contribution in [3.8, 4) is 5.75 Å². The van der Waals surface area contributed by atoms with E-state index in [0.29, 0.717) is 30.3 Å². The third kappa shape index (κ3) is 2.48. The van der Waals surface area contributed by atoms with Crippen molar-refractivity contribution in [3.05, 3.63) is 29.8 Å². The van der Waals surface area contributed by atoms with Crippen LogP contribution in [-0.2, 0) is 5.60 Å². The highest BCUT2D eigenvalue weighted by atomic mass is 16.5. The summed E-state index contributed by atoms with van der Waals surface area (Å²) < 4.78 is 5.39. The number of likely N-dealkylation sites (tertiary alicyclic amines) is 1. The number of β-amino-alcohol motifs (C(OH)–C–C–N with tert-alkyl or cyclic N) is 1. The van der Waals surface area contributed by atoms with Crippen molar-refractivity contribution < 1.29 is 14.9 Å². The van der Waals surface area contributed by atoms with Crippen molar-refractivity contribution in [2.24, 2.45) is 11.8 Å². The van der Waals surface area contributed by atoms with Gasteiger partial charge in [-0.3, -0.25) is 4.90 Å². The number of hydrogen-bond donors (Lipinski definition) is 2. The standard InChI is InChI=1S/C19H27NO3/c1-23-17-5-3-2-4-15(17)19(22)8-9-20(12-18(19)21)16-11-13-6-7-14(16)10-13/h2-5,13-14,16,18,21-22H,6-12H2,1H3/t13-,14?,16?,18?,19?/m0/s1. The number of ether oxygens (including phenoxy) is 1. The summed E-state index contributed by atoms with van der Waals surface area (Å²) in [4.78, 5) is 2.43. The van der Waals surface area contributed by atoms with Gasteiger partial charge in [-0.2, -0.15) is 0 Å². The summed E-state index contributed by atoms with van der Waals surface area (Å²) >= 11 is 0. The van der Waals surface area contributed by atoms with E-state index in [4.69, 9.17) is 4.74 Å². The first kappa shape index (κ1) is 15.4. The van der Waals surface area contributed by atoms with Crippen LogP contribution in [0.5, 0.6) is 5.75 Å². The summed E-state index contributed by atoms with van der Waals surface area (Å²) in [6.07, 6.45) is 5.18. The first-order valence-corrected chi connectivity index (χ1v) is 8.90. The highest BCUT2D eigenvalue weighted by molar-refractivity contribution is 5.39. The molecule has 2 aliphatic carbocycles. The maximum absolute atomic E-state index is 11.2. The van der Waals surface area contributed by atoms with Gasteiger partial charge in [0.25, 0.3) is 0 Å². The van der Waals surface area contributed by atoms with Crippen LogP contribution in [0.3, 0.4) is 0 Å². The smallest absolute Gasteiger partial charge is 0.125 e. The Balaban J connectivity index is 1.52. The number of piperidine rings is 1. The maximum atomic E-state index is 11.2. The molecular weight excluding hydrogens is 290 g/mol. The highest BCUT2D eigenvalue weighted by Gasteiger charge is 2.48. The molecule has 1 saturated heterocycles. The van der Waals surface area contributed by atoms with Gasteiger partial charge in [0.05, 0.1) is 13.2 Å². The molecular formula is C19H27NO3. The molecule has 1 aliphatic heterocycles. The van der Waals surface area contributed by atoms with E-state index in [9.17, 15) is 10.2 Å². The Kier molecular flexibility index (Phi) is 3.87. The third-order valence-electron chi connectivity index (χ3n) is 6.48. The van der Waals surface area contributed by atoms with Gasteiger partial charge >= 0.3 is 0 Å². The number of aliphatic hydroxyl groups excluding tert-OH is 1. The van der Waals surface area contributed by atoms with E-state index >= 15 is 0 Å². The number of methoxy groups -OCH3 is 1. The van der Waals surface area contributed by atoms with Crippen LogP contribution in [0.25, 0.3) is 0 Å². The lowest BCUT2D eigenvalue weighted by atomic mass is 9.80. The number of para-hydroxylation sites is 1. The maximum Gasteiger partial charge on any atom is 0.125 e. The van der Waals surface area contributed by atoms with E-state index in [0.717, 1.165) is 18.4 Å². The first-order chi connectivity index (χ1) is 11.1. The van der Waals surface area contributed by atoms with Crippen molar-refractivity contribution >= 4 is 0 Å². The van der Waals surface area contributed by atoms with Crippen molar-refractivity contribution in [2.45, 2.75) is 49.9 Å². The summed E-state index contributed by atoms with van der Waals surface area (Å²) in [5, 5.41) is 21.9. The fourth-order valence-electron chi connectivity index (χ4n) is 5.22. The van der Waals surface area contributed by atoms with E-state index in [1.165, 1.54) is 25.7 Å². The number of benzene rings is 1. The minimum absolute atomic E-state index is 0.558. The van der Waals surface area contributed by atoms with Crippen LogP contribution in [0.1, 0.15) is 37.7 Å². The Labute approximate surface area is 138 Å². The molecule has 5 atom stereocenters. The quantitative estimate of drug-likeness (QED) is 0.897. The van der Waals surface area contributed by atoms with E-state index in [1.54, 1.807) is 7.11 Å². The number of aliphatic hydroxyl groups is 2. The van der Waals surface area contributed by atoms with Crippen molar-refractivity contribution in [2.75, 3.05) is 20.2 Å². The molecule has 4 rings (SSSR count). The van der Waals surface area contributed by atoms with Gasteiger partial charge in [-0.1, -0.05) is 24.6 Å². The van der Waals surface area contributed by atoms with Gasteiger partial charge in [-0.25, -0.2) is 0 Å². The Morgan fingerprint density at radius 3 is 2.70 bits per heavy atom. The predicted molar refractivity (Wildman–Crippen MR) is 88.3 cm³/mol. The van der Waals surface area contributed by atoms with Gasteiger partial charge in [-0.05, 0) is 43.6 Å². The van der Waals surface area contributed by atoms with Crippen LogP contribution in [0.4, 0.5) is 0 Å². The number of nitrogens with zero attached hydrogens (tertiary/aromatic N) is 1. The number of rotatable bonds is 3. The fraction of sp³-hybridized carbons (Fsp3) is 0.684. The molecule has 0 radical (unpaired) electrons. The molecule has 1 aromatic rings. The van der Waals surface area contributed by atoms with Gasteiger partial charge in [0.1, 0.15) is 11.4 Å². The molecule has 2 saturated carbocycles. The minimum Gasteiger partial charge on any atom is -0.496 e. The SMILES string of the molecule is COc1ccccc1C1(O)CCN(C2C[C@H]3CCC2C3)CC1O. The Morgan fingerprint density at radius 1 is 1.22 bits per heavy atom. The van der Waals surface area contributed by atoms with Crippen molar-refractivity contribution in [1.29, 1.82) is 0 Å². The first-order valence-electron chi connectivity index (χ1n) is 8.90. The van der Waals surface area contributed by atoms with Gasteiger partial charge in [-0.15, -0.1) is 0 Å². The highest BCUT2D eigenvalue weighted by Crippen LogP contribution is 2.48.